The van der Waals surface area contributed by atoms with Crippen molar-refractivity contribution in [2.24, 2.45) is 0 Å². The number of amides is 1. The molecule has 0 fully saturated rings. The van der Waals surface area contributed by atoms with E-state index in [0.717, 1.165) is 41.3 Å². The summed E-state index contributed by atoms with van der Waals surface area (Å²) in [6.45, 7) is 3.61. The lowest BCUT2D eigenvalue weighted by Crippen LogP contribution is -2.32. The van der Waals surface area contributed by atoms with Gasteiger partial charge in [-0.05, 0) is 30.2 Å². The van der Waals surface area contributed by atoms with Gasteiger partial charge in [-0.3, -0.25) is 9.80 Å². The number of carbonyl (C=O) groups excluding carboxylic acids is 1. The molecule has 6 nitrogen and oxygen atoms in total. The average molecular weight is 330 g/mol. The Labute approximate surface area is 138 Å². The van der Waals surface area contributed by atoms with Crippen molar-refractivity contribution >= 4 is 29.0 Å². The molecular formula is C16H16ClN5O. The van der Waals surface area contributed by atoms with E-state index >= 15 is 0 Å². The Morgan fingerprint density at radius 3 is 3.09 bits per heavy atom. The smallest absolute Gasteiger partial charge is 0.238 e. The average Bonchev–Trinajstić information content (AvgIpc) is 3.08. The lowest BCUT2D eigenvalue weighted by molar-refractivity contribution is -0.116. The fourth-order valence-electron chi connectivity index (χ4n) is 3.23. The van der Waals surface area contributed by atoms with Gasteiger partial charge in [0.05, 0.1) is 5.69 Å². The molecule has 0 bridgehead atoms. The number of hydrogen-bond donors (Lipinski definition) is 2. The lowest BCUT2D eigenvalue weighted by Gasteiger charge is -2.17. The number of nitrogens with zero attached hydrogens (tertiary/aromatic N) is 3. The quantitative estimate of drug-likeness (QED) is 0.905. The maximum Gasteiger partial charge on any atom is 0.238 e. The summed E-state index contributed by atoms with van der Waals surface area (Å²) < 4.78 is 0. The van der Waals surface area contributed by atoms with Crippen LogP contribution in [0.15, 0.2) is 24.5 Å². The summed E-state index contributed by atoms with van der Waals surface area (Å²) in [5.41, 5.74) is 6.71. The number of nitrogens with one attached hydrogen (secondary N) is 2. The first-order valence-electron chi connectivity index (χ1n) is 7.64. The second-order valence-corrected chi connectivity index (χ2v) is 6.14. The molecule has 118 valence electrons. The van der Waals surface area contributed by atoms with Crippen LogP contribution in [0.1, 0.15) is 36.1 Å². The van der Waals surface area contributed by atoms with E-state index in [9.17, 15) is 4.79 Å². The molecule has 3 heterocycles. The predicted octanol–water partition coefficient (Wildman–Crippen LogP) is 2.45. The van der Waals surface area contributed by atoms with Crippen molar-refractivity contribution in [1.29, 1.82) is 0 Å². The molecule has 0 saturated heterocycles. The minimum atomic E-state index is -0.441. The molecule has 0 spiro atoms. The van der Waals surface area contributed by atoms with Crippen LogP contribution in [0.3, 0.4) is 0 Å². The minimum absolute atomic E-state index is 0.0721. The van der Waals surface area contributed by atoms with Crippen molar-refractivity contribution < 1.29 is 4.79 Å². The third-order valence-corrected chi connectivity index (χ3v) is 4.46. The van der Waals surface area contributed by atoms with Crippen molar-refractivity contribution in [1.82, 2.24) is 15.4 Å². The molecule has 0 radical (unpaired) electrons. The molecule has 2 aromatic rings. The molecule has 1 aromatic heterocycles. The van der Waals surface area contributed by atoms with E-state index in [1.165, 1.54) is 6.33 Å². The summed E-state index contributed by atoms with van der Waals surface area (Å²) in [6, 6.07) is 5.44. The van der Waals surface area contributed by atoms with Gasteiger partial charge in [-0.15, -0.1) is 0 Å². The zero-order valence-electron chi connectivity index (χ0n) is 12.6. The summed E-state index contributed by atoms with van der Waals surface area (Å²) >= 11 is 6.11. The second kappa shape index (κ2) is 5.47. The molecule has 1 atom stereocenters. The van der Waals surface area contributed by atoms with Gasteiger partial charge in [0, 0.05) is 29.4 Å². The Kier molecular flexibility index (Phi) is 3.43. The first-order chi connectivity index (χ1) is 11.2. The summed E-state index contributed by atoms with van der Waals surface area (Å²) in [6.07, 6.45) is 2.54. The first kappa shape index (κ1) is 14.4. The van der Waals surface area contributed by atoms with E-state index < -0.39 is 5.92 Å². The van der Waals surface area contributed by atoms with E-state index in [0.29, 0.717) is 11.6 Å². The molecule has 1 unspecified atom stereocenters. The summed E-state index contributed by atoms with van der Waals surface area (Å²) in [7, 11) is 0. The molecule has 1 aromatic carbocycles. The predicted molar refractivity (Wildman–Crippen MR) is 88.4 cm³/mol. The molecule has 1 amide bonds. The molecule has 0 aliphatic carbocycles. The first-order valence-corrected chi connectivity index (χ1v) is 8.02. The number of halogens is 1. The maximum absolute atomic E-state index is 12.5. The third-order valence-electron chi connectivity index (χ3n) is 4.22. The number of hydrogen-bond acceptors (Lipinski definition) is 5. The van der Waals surface area contributed by atoms with Crippen molar-refractivity contribution in [2.45, 2.75) is 25.8 Å². The third kappa shape index (κ3) is 2.26. The van der Waals surface area contributed by atoms with Gasteiger partial charge in [-0.1, -0.05) is 18.5 Å². The Balaban J connectivity index is 1.81. The summed E-state index contributed by atoms with van der Waals surface area (Å²) in [5.74, 6) is 0.348. The minimum Gasteiger partial charge on any atom is -0.325 e. The molecule has 2 aliphatic heterocycles. The van der Waals surface area contributed by atoms with Crippen LogP contribution in [0, 0.1) is 0 Å². The van der Waals surface area contributed by atoms with Gasteiger partial charge >= 0.3 is 0 Å². The van der Waals surface area contributed by atoms with Gasteiger partial charge in [0.2, 0.25) is 5.91 Å². The molecule has 4 rings (SSSR count). The number of aromatic nitrogens is 2. The molecule has 2 N–H and O–H groups in total. The van der Waals surface area contributed by atoms with E-state index in [-0.39, 0.29) is 5.91 Å². The van der Waals surface area contributed by atoms with E-state index in [1.54, 1.807) is 6.07 Å². The van der Waals surface area contributed by atoms with Gasteiger partial charge in [-0.25, -0.2) is 15.4 Å². The molecule has 7 heteroatoms. The Hall–Kier alpha value is -2.18. The number of rotatable bonds is 3. The van der Waals surface area contributed by atoms with Crippen LogP contribution in [0.25, 0.3) is 0 Å². The Morgan fingerprint density at radius 2 is 2.26 bits per heavy atom. The number of anilines is 2. The van der Waals surface area contributed by atoms with Crippen molar-refractivity contribution in [3.8, 4) is 0 Å². The molecule has 23 heavy (non-hydrogen) atoms. The Bertz CT molecular complexity index is 794. The normalized spacial score (nSPS) is 18.8. The van der Waals surface area contributed by atoms with Gasteiger partial charge in [0.25, 0.3) is 0 Å². The monoisotopic (exact) mass is 329 g/mol. The largest absolute Gasteiger partial charge is 0.325 e. The van der Waals surface area contributed by atoms with Crippen molar-refractivity contribution in [3.63, 3.8) is 0 Å². The molecule has 2 aliphatic rings. The number of hydrazine groups is 1. The van der Waals surface area contributed by atoms with E-state index in [1.807, 2.05) is 17.1 Å². The van der Waals surface area contributed by atoms with Gasteiger partial charge in [0.15, 0.2) is 5.82 Å². The van der Waals surface area contributed by atoms with Crippen LogP contribution in [-0.4, -0.2) is 22.4 Å². The van der Waals surface area contributed by atoms with Crippen LogP contribution < -0.4 is 15.8 Å². The zero-order valence-corrected chi connectivity index (χ0v) is 13.4. The number of benzene rings is 1. The highest BCUT2D eigenvalue weighted by atomic mass is 35.5. The van der Waals surface area contributed by atoms with Crippen molar-refractivity contribution in [2.75, 3.05) is 16.9 Å². The van der Waals surface area contributed by atoms with Gasteiger partial charge in [0.1, 0.15) is 12.2 Å². The summed E-state index contributed by atoms with van der Waals surface area (Å²) in [5, 5.41) is 5.54. The highest BCUT2D eigenvalue weighted by molar-refractivity contribution is 6.31. The number of carbonyl (C=O) groups is 1. The zero-order chi connectivity index (χ0) is 16.0. The fraction of sp³-hybridized carbons (Fsp3) is 0.312. The second-order valence-electron chi connectivity index (χ2n) is 5.70. The Morgan fingerprint density at radius 1 is 1.39 bits per heavy atom. The standard InChI is InChI=1S/C16H16ClN5O/c1-2-5-22-15-11(7-20-22)14(18-8-19-15)13-10-6-9(17)3-4-12(10)21-16(13)23/h3-4,6,8,13,20H,2,5,7H2,1H3,(H,21,23). The van der Waals surface area contributed by atoms with Crippen molar-refractivity contribution in [3.05, 3.63) is 46.4 Å². The maximum atomic E-state index is 12.5. The lowest BCUT2D eigenvalue weighted by atomic mass is 9.94. The topological polar surface area (TPSA) is 70.2 Å². The van der Waals surface area contributed by atoms with Crippen LogP contribution >= 0.6 is 11.6 Å². The molecule has 0 saturated carbocycles. The van der Waals surface area contributed by atoms with Crippen LogP contribution in [-0.2, 0) is 11.3 Å². The van der Waals surface area contributed by atoms with E-state index in [2.05, 4.69) is 27.6 Å². The van der Waals surface area contributed by atoms with Crippen LogP contribution in [0.2, 0.25) is 5.02 Å². The summed E-state index contributed by atoms with van der Waals surface area (Å²) in [4.78, 5) is 21.3. The number of fused-ring (bicyclic) bond motifs is 2. The SMILES string of the molecule is CCCN1NCc2c(C3C(=O)Nc4ccc(Cl)cc43)ncnc21. The highest BCUT2D eigenvalue weighted by Crippen LogP contribution is 2.40. The van der Waals surface area contributed by atoms with Crippen LogP contribution in [0.5, 0.6) is 0 Å². The fourth-order valence-corrected chi connectivity index (χ4v) is 3.41. The van der Waals surface area contributed by atoms with E-state index in [4.69, 9.17) is 11.6 Å². The highest BCUT2D eigenvalue weighted by Gasteiger charge is 2.37. The van der Waals surface area contributed by atoms with Gasteiger partial charge in [-0.2, -0.15) is 0 Å². The molecular weight excluding hydrogens is 314 g/mol. The van der Waals surface area contributed by atoms with Gasteiger partial charge < -0.3 is 5.32 Å². The van der Waals surface area contributed by atoms with Crippen LogP contribution in [0.4, 0.5) is 11.5 Å².